The molecule has 0 aromatic heterocycles. The highest BCUT2D eigenvalue weighted by atomic mass is 16.5. The molecule has 2 aliphatic heterocycles. The maximum Gasteiger partial charge on any atom is 0.309 e. The van der Waals surface area contributed by atoms with Crippen LogP contribution in [-0.4, -0.2) is 48.6 Å². The van der Waals surface area contributed by atoms with Crippen molar-refractivity contribution >= 4 is 17.8 Å². The Bertz CT molecular complexity index is 1050. The number of nitrogens with zero attached hydrogens (tertiary/aromatic N) is 1. The summed E-state index contributed by atoms with van der Waals surface area (Å²) >= 11 is 0. The van der Waals surface area contributed by atoms with Gasteiger partial charge in [0.1, 0.15) is 17.2 Å². The predicted molar refractivity (Wildman–Crippen MR) is 119 cm³/mol. The first kappa shape index (κ1) is 21.9. The van der Waals surface area contributed by atoms with Crippen molar-refractivity contribution in [1.82, 2.24) is 4.90 Å². The van der Waals surface area contributed by atoms with E-state index in [-0.39, 0.29) is 29.2 Å². The van der Waals surface area contributed by atoms with E-state index in [0.717, 1.165) is 5.56 Å². The van der Waals surface area contributed by atoms with Gasteiger partial charge >= 0.3 is 5.97 Å². The Balaban J connectivity index is 1.53. The number of hydrogen-bond acceptors (Lipinski definition) is 7. The van der Waals surface area contributed by atoms with Crippen LogP contribution in [0.4, 0.5) is 0 Å². The highest BCUT2D eigenvalue weighted by Gasteiger charge is 2.33. The fourth-order valence-electron chi connectivity index (χ4n) is 4.19. The second-order valence-electron chi connectivity index (χ2n) is 7.92. The lowest BCUT2D eigenvalue weighted by Gasteiger charge is -2.31. The summed E-state index contributed by atoms with van der Waals surface area (Å²) in [4.78, 5) is 27.1. The van der Waals surface area contributed by atoms with E-state index < -0.39 is 0 Å². The van der Waals surface area contributed by atoms with Crippen molar-refractivity contribution in [2.75, 3.05) is 26.8 Å². The third kappa shape index (κ3) is 4.34. The molecule has 0 amide bonds. The summed E-state index contributed by atoms with van der Waals surface area (Å²) < 4.78 is 16.5. The van der Waals surface area contributed by atoms with Gasteiger partial charge in [0.15, 0.2) is 5.76 Å². The summed E-state index contributed by atoms with van der Waals surface area (Å²) in [5, 5.41) is 10.5. The Morgan fingerprint density at radius 2 is 1.97 bits per heavy atom. The number of phenols is 1. The number of esters is 1. The standard InChI is InChI=1S/C25H27NO6/c1-3-31-25(29)16-10-12-26(13-11-16)15-19-20(27)9-8-18-23(28)22(32-24(18)19)14-17-6-4-5-7-21(17)30-2/h4-9,14,16,27H,3,10-13,15H2,1-2H3/b22-14+. The maximum atomic E-state index is 13.0. The van der Waals surface area contributed by atoms with E-state index in [1.165, 1.54) is 6.07 Å². The molecular formula is C25H27NO6. The summed E-state index contributed by atoms with van der Waals surface area (Å²) in [5.74, 6) is 0.849. The third-order valence-corrected chi connectivity index (χ3v) is 5.93. The molecule has 2 aromatic rings. The SMILES string of the molecule is CCOC(=O)C1CCN(Cc2c(O)ccc3c2O/C(=C/c2ccccc2OC)C3=O)CC1. The summed E-state index contributed by atoms with van der Waals surface area (Å²) in [6.45, 7) is 4.03. The van der Waals surface area contributed by atoms with Crippen molar-refractivity contribution in [2.45, 2.75) is 26.3 Å². The first-order valence-electron chi connectivity index (χ1n) is 10.8. The number of rotatable bonds is 6. The molecule has 1 saturated heterocycles. The normalized spacial score (nSPS) is 17.8. The van der Waals surface area contributed by atoms with Gasteiger partial charge in [0.05, 0.1) is 30.8 Å². The Labute approximate surface area is 187 Å². The van der Waals surface area contributed by atoms with Crippen molar-refractivity contribution in [3.05, 3.63) is 58.8 Å². The average molecular weight is 437 g/mol. The summed E-state index contributed by atoms with van der Waals surface area (Å²) in [6, 6.07) is 10.5. The van der Waals surface area contributed by atoms with Crippen molar-refractivity contribution in [1.29, 1.82) is 0 Å². The number of methoxy groups -OCH3 is 1. The molecule has 0 atom stereocenters. The molecule has 0 bridgehead atoms. The van der Waals surface area contributed by atoms with E-state index >= 15 is 0 Å². The van der Waals surface area contributed by atoms with Gasteiger partial charge in [0.2, 0.25) is 5.78 Å². The van der Waals surface area contributed by atoms with E-state index in [1.807, 2.05) is 31.2 Å². The molecule has 4 rings (SSSR count). The van der Waals surface area contributed by atoms with Gasteiger partial charge < -0.3 is 19.3 Å². The van der Waals surface area contributed by atoms with Crippen LogP contribution in [0.15, 0.2) is 42.2 Å². The van der Waals surface area contributed by atoms with Crippen LogP contribution in [0.2, 0.25) is 0 Å². The first-order chi connectivity index (χ1) is 15.5. The van der Waals surface area contributed by atoms with Gasteiger partial charge in [0.25, 0.3) is 0 Å². The van der Waals surface area contributed by atoms with Crippen LogP contribution >= 0.6 is 0 Å². The van der Waals surface area contributed by atoms with Crippen LogP contribution in [-0.2, 0) is 16.1 Å². The number of fused-ring (bicyclic) bond motifs is 1. The molecule has 0 saturated carbocycles. The van der Waals surface area contributed by atoms with Gasteiger partial charge in [-0.3, -0.25) is 14.5 Å². The summed E-state index contributed by atoms with van der Waals surface area (Å²) in [6.07, 6.45) is 3.06. The van der Waals surface area contributed by atoms with Gasteiger partial charge in [-0.1, -0.05) is 18.2 Å². The van der Waals surface area contributed by atoms with E-state index in [0.29, 0.717) is 61.7 Å². The molecule has 32 heavy (non-hydrogen) atoms. The van der Waals surface area contributed by atoms with Crippen LogP contribution in [0, 0.1) is 5.92 Å². The number of aromatic hydroxyl groups is 1. The highest BCUT2D eigenvalue weighted by molar-refractivity contribution is 6.15. The van der Waals surface area contributed by atoms with Gasteiger partial charge in [0, 0.05) is 12.1 Å². The lowest BCUT2D eigenvalue weighted by molar-refractivity contribution is -0.149. The van der Waals surface area contributed by atoms with Gasteiger partial charge in [-0.05, 0) is 57.1 Å². The zero-order chi connectivity index (χ0) is 22.7. The minimum atomic E-state index is -0.229. The predicted octanol–water partition coefficient (Wildman–Crippen LogP) is 3.79. The van der Waals surface area contributed by atoms with E-state index in [9.17, 15) is 14.7 Å². The fraction of sp³-hybridized carbons (Fsp3) is 0.360. The minimum absolute atomic E-state index is 0.0857. The molecule has 2 aromatic carbocycles. The lowest BCUT2D eigenvalue weighted by atomic mass is 9.96. The topological polar surface area (TPSA) is 85.3 Å². The number of piperidine rings is 1. The second kappa shape index (κ2) is 9.44. The number of Topliss-reactive ketones (excluding diaryl/α,β-unsaturated/α-hetero) is 1. The molecule has 0 aliphatic carbocycles. The Hall–Kier alpha value is -3.32. The van der Waals surface area contributed by atoms with Crippen molar-refractivity contribution in [3.63, 3.8) is 0 Å². The van der Waals surface area contributed by atoms with Gasteiger partial charge in [-0.25, -0.2) is 0 Å². The lowest BCUT2D eigenvalue weighted by Crippen LogP contribution is -2.36. The molecular weight excluding hydrogens is 410 g/mol. The van der Waals surface area contributed by atoms with Crippen LogP contribution in [0.1, 0.15) is 41.3 Å². The van der Waals surface area contributed by atoms with Crippen LogP contribution in [0.25, 0.3) is 6.08 Å². The molecule has 2 aliphatic rings. The largest absolute Gasteiger partial charge is 0.507 e. The summed E-state index contributed by atoms with van der Waals surface area (Å²) in [5.41, 5.74) is 1.74. The maximum absolute atomic E-state index is 13.0. The number of ketones is 1. The molecule has 0 unspecified atom stereocenters. The smallest absolute Gasteiger partial charge is 0.309 e. The molecule has 168 valence electrons. The molecule has 1 N–H and O–H groups in total. The van der Waals surface area contributed by atoms with E-state index in [2.05, 4.69) is 4.90 Å². The van der Waals surface area contributed by atoms with Crippen LogP contribution in [0.5, 0.6) is 17.2 Å². The number of benzene rings is 2. The number of hydrogen-bond donors (Lipinski definition) is 1. The first-order valence-corrected chi connectivity index (χ1v) is 10.8. The van der Waals surface area contributed by atoms with Gasteiger partial charge in [-0.15, -0.1) is 0 Å². The fourth-order valence-corrected chi connectivity index (χ4v) is 4.19. The van der Waals surface area contributed by atoms with E-state index in [1.54, 1.807) is 19.3 Å². The van der Waals surface area contributed by atoms with E-state index in [4.69, 9.17) is 14.2 Å². The zero-order valence-corrected chi connectivity index (χ0v) is 18.3. The third-order valence-electron chi connectivity index (χ3n) is 5.93. The monoisotopic (exact) mass is 437 g/mol. The van der Waals surface area contributed by atoms with Crippen LogP contribution < -0.4 is 9.47 Å². The van der Waals surface area contributed by atoms with Crippen molar-refractivity contribution < 1.29 is 28.9 Å². The highest BCUT2D eigenvalue weighted by Crippen LogP contribution is 2.41. The number of ether oxygens (including phenoxy) is 3. The number of carbonyl (C=O) groups excluding carboxylic acids is 2. The molecule has 0 radical (unpaired) electrons. The Morgan fingerprint density at radius 3 is 2.69 bits per heavy atom. The molecule has 1 fully saturated rings. The van der Waals surface area contributed by atoms with Gasteiger partial charge in [-0.2, -0.15) is 0 Å². The molecule has 7 heteroatoms. The number of para-hydroxylation sites is 1. The molecule has 7 nitrogen and oxygen atoms in total. The minimum Gasteiger partial charge on any atom is -0.507 e. The number of phenolic OH excluding ortho intramolecular Hbond substituents is 1. The number of carbonyl (C=O) groups is 2. The van der Waals surface area contributed by atoms with Crippen LogP contribution in [0.3, 0.4) is 0 Å². The Morgan fingerprint density at radius 1 is 1.22 bits per heavy atom. The number of likely N-dealkylation sites (tertiary alicyclic amines) is 1. The average Bonchev–Trinajstić information content (AvgIpc) is 3.12. The zero-order valence-electron chi connectivity index (χ0n) is 18.3. The number of allylic oxidation sites excluding steroid dienone is 1. The van der Waals surface area contributed by atoms with Crippen molar-refractivity contribution in [2.24, 2.45) is 5.92 Å². The molecule has 2 heterocycles. The molecule has 0 spiro atoms. The second-order valence-corrected chi connectivity index (χ2v) is 7.92. The van der Waals surface area contributed by atoms with Crippen molar-refractivity contribution in [3.8, 4) is 17.2 Å². The Kier molecular flexibility index (Phi) is 6.46. The summed E-state index contributed by atoms with van der Waals surface area (Å²) in [7, 11) is 1.57. The quantitative estimate of drug-likeness (QED) is 0.544.